The van der Waals surface area contributed by atoms with Crippen LogP contribution in [0.15, 0.2) is 24.3 Å². The smallest absolute Gasteiger partial charge is 0.130 e. The molecule has 1 heterocycles. The van der Waals surface area contributed by atoms with E-state index in [0.29, 0.717) is 11.6 Å². The molecule has 1 atom stereocenters. The van der Waals surface area contributed by atoms with Crippen molar-refractivity contribution in [1.82, 2.24) is 15.2 Å². The van der Waals surface area contributed by atoms with Gasteiger partial charge in [-0.1, -0.05) is 23.7 Å². The summed E-state index contributed by atoms with van der Waals surface area (Å²) in [7, 11) is 5.88. The van der Waals surface area contributed by atoms with Crippen LogP contribution in [0.25, 0.3) is 0 Å². The SMILES string of the molecule is Cc1nn(C)c(Cl)c1CC(NN)c1ccc(N(C)C)cc1. The molecule has 0 saturated carbocycles. The fourth-order valence-electron chi connectivity index (χ4n) is 2.39. The molecule has 0 fully saturated rings. The molecule has 0 bridgehead atoms. The fraction of sp³-hybridized carbons (Fsp3) is 0.400. The van der Waals surface area contributed by atoms with Gasteiger partial charge in [0.1, 0.15) is 5.15 Å². The van der Waals surface area contributed by atoms with Gasteiger partial charge in [0.15, 0.2) is 0 Å². The van der Waals surface area contributed by atoms with Gasteiger partial charge in [-0.15, -0.1) is 0 Å². The highest BCUT2D eigenvalue weighted by atomic mass is 35.5. The minimum Gasteiger partial charge on any atom is -0.378 e. The third-order valence-corrected chi connectivity index (χ3v) is 4.16. The van der Waals surface area contributed by atoms with Crippen molar-refractivity contribution in [3.63, 3.8) is 0 Å². The summed E-state index contributed by atoms with van der Waals surface area (Å²) >= 11 is 6.29. The molecule has 1 aromatic heterocycles. The Kier molecular flexibility index (Phi) is 4.88. The maximum Gasteiger partial charge on any atom is 0.130 e. The van der Waals surface area contributed by atoms with Crippen molar-refractivity contribution in [3.05, 3.63) is 46.2 Å². The number of hydrogen-bond acceptors (Lipinski definition) is 4. The van der Waals surface area contributed by atoms with E-state index >= 15 is 0 Å². The van der Waals surface area contributed by atoms with Crippen LogP contribution in [-0.2, 0) is 13.5 Å². The quantitative estimate of drug-likeness (QED) is 0.657. The first-order valence-corrected chi connectivity index (χ1v) is 7.23. The number of aryl methyl sites for hydroxylation is 2. The van der Waals surface area contributed by atoms with E-state index in [-0.39, 0.29) is 6.04 Å². The van der Waals surface area contributed by atoms with Crippen LogP contribution in [0.1, 0.15) is 22.9 Å². The molecule has 0 aliphatic rings. The van der Waals surface area contributed by atoms with Gasteiger partial charge >= 0.3 is 0 Å². The molecule has 0 aliphatic heterocycles. The zero-order valence-corrected chi connectivity index (χ0v) is 13.6. The Morgan fingerprint density at radius 1 is 1.33 bits per heavy atom. The molecule has 0 aliphatic carbocycles. The molecule has 0 saturated heterocycles. The molecule has 6 heteroatoms. The van der Waals surface area contributed by atoms with Crippen molar-refractivity contribution in [1.29, 1.82) is 0 Å². The minimum atomic E-state index is 0.00149. The Hall–Kier alpha value is -1.56. The van der Waals surface area contributed by atoms with Crippen molar-refractivity contribution < 1.29 is 0 Å². The second-order valence-electron chi connectivity index (χ2n) is 5.39. The van der Waals surface area contributed by atoms with Gasteiger partial charge < -0.3 is 4.90 Å². The van der Waals surface area contributed by atoms with Gasteiger partial charge in [-0.3, -0.25) is 16.0 Å². The van der Waals surface area contributed by atoms with Crippen molar-refractivity contribution in [2.75, 3.05) is 19.0 Å². The standard InChI is InChI=1S/C15H22ClN5/c1-10-13(15(16)21(4)19-10)9-14(18-17)11-5-7-12(8-6-11)20(2)3/h5-8,14,18H,9,17H2,1-4H3. The van der Waals surface area contributed by atoms with E-state index < -0.39 is 0 Å². The lowest BCUT2D eigenvalue weighted by molar-refractivity contribution is 0.551. The number of anilines is 1. The number of halogens is 1. The summed E-state index contributed by atoms with van der Waals surface area (Å²) in [5.41, 5.74) is 7.12. The fourth-order valence-corrected chi connectivity index (χ4v) is 2.64. The minimum absolute atomic E-state index is 0.00149. The molecule has 5 nitrogen and oxygen atoms in total. The van der Waals surface area contributed by atoms with Crippen LogP contribution in [-0.4, -0.2) is 23.9 Å². The first kappa shape index (κ1) is 15.8. The number of benzene rings is 1. The highest BCUT2D eigenvalue weighted by Gasteiger charge is 2.17. The van der Waals surface area contributed by atoms with Gasteiger partial charge in [0, 0.05) is 32.4 Å². The molecule has 3 N–H and O–H groups in total. The molecular weight excluding hydrogens is 286 g/mol. The van der Waals surface area contributed by atoms with Crippen LogP contribution in [0, 0.1) is 6.92 Å². The summed E-state index contributed by atoms with van der Waals surface area (Å²) in [4.78, 5) is 2.07. The number of nitrogens with one attached hydrogen (secondary N) is 1. The summed E-state index contributed by atoms with van der Waals surface area (Å²) < 4.78 is 1.69. The lowest BCUT2D eigenvalue weighted by Gasteiger charge is -2.18. The van der Waals surface area contributed by atoms with Gasteiger partial charge in [-0.2, -0.15) is 5.10 Å². The van der Waals surface area contributed by atoms with Gasteiger partial charge in [0.25, 0.3) is 0 Å². The van der Waals surface area contributed by atoms with Crippen molar-refractivity contribution >= 4 is 17.3 Å². The van der Waals surface area contributed by atoms with Gasteiger partial charge in [0.2, 0.25) is 0 Å². The number of hydrazine groups is 1. The number of nitrogens with two attached hydrogens (primary N) is 1. The van der Waals surface area contributed by atoms with E-state index in [2.05, 4.69) is 39.7 Å². The van der Waals surface area contributed by atoms with Crippen molar-refractivity contribution in [3.8, 4) is 0 Å². The summed E-state index contributed by atoms with van der Waals surface area (Å²) in [6, 6.07) is 8.33. The van der Waals surface area contributed by atoms with Gasteiger partial charge in [-0.25, -0.2) is 0 Å². The normalized spacial score (nSPS) is 12.5. The molecule has 2 rings (SSSR count). The lowest BCUT2D eigenvalue weighted by Crippen LogP contribution is -2.29. The summed E-state index contributed by atoms with van der Waals surface area (Å²) in [6.45, 7) is 1.96. The number of rotatable bonds is 5. The molecule has 114 valence electrons. The predicted octanol–water partition coefficient (Wildman–Crippen LogP) is 2.20. The largest absolute Gasteiger partial charge is 0.378 e. The molecular formula is C15H22ClN5. The number of aromatic nitrogens is 2. The Balaban J connectivity index is 2.23. The zero-order chi connectivity index (χ0) is 15.6. The van der Waals surface area contributed by atoms with Gasteiger partial charge in [0.05, 0.1) is 11.7 Å². The Morgan fingerprint density at radius 2 is 1.95 bits per heavy atom. The third-order valence-electron chi connectivity index (χ3n) is 3.69. The first-order chi connectivity index (χ1) is 9.93. The van der Waals surface area contributed by atoms with Crippen LogP contribution in [0.3, 0.4) is 0 Å². The third kappa shape index (κ3) is 3.37. The second kappa shape index (κ2) is 6.47. The number of hydrogen-bond donors (Lipinski definition) is 2. The van der Waals surface area contributed by atoms with Crippen LogP contribution in [0.5, 0.6) is 0 Å². The Labute approximate surface area is 130 Å². The summed E-state index contributed by atoms with van der Waals surface area (Å²) in [5, 5.41) is 5.00. The lowest BCUT2D eigenvalue weighted by atomic mass is 9.99. The van der Waals surface area contributed by atoms with Gasteiger partial charge in [-0.05, 0) is 31.0 Å². The predicted molar refractivity (Wildman–Crippen MR) is 87.5 cm³/mol. The molecule has 1 unspecified atom stereocenters. The van der Waals surface area contributed by atoms with Crippen LogP contribution >= 0.6 is 11.6 Å². The molecule has 0 radical (unpaired) electrons. The Bertz CT molecular complexity index is 603. The number of nitrogens with zero attached hydrogens (tertiary/aromatic N) is 3. The zero-order valence-electron chi connectivity index (χ0n) is 12.9. The molecule has 21 heavy (non-hydrogen) atoms. The maximum absolute atomic E-state index is 6.29. The molecule has 1 aromatic carbocycles. The first-order valence-electron chi connectivity index (χ1n) is 6.85. The molecule has 0 spiro atoms. The average molecular weight is 308 g/mol. The van der Waals surface area contributed by atoms with E-state index in [1.807, 2.05) is 28.1 Å². The Morgan fingerprint density at radius 3 is 2.38 bits per heavy atom. The monoisotopic (exact) mass is 307 g/mol. The van der Waals surface area contributed by atoms with Crippen molar-refractivity contribution in [2.45, 2.75) is 19.4 Å². The summed E-state index contributed by atoms with van der Waals surface area (Å²) in [6.07, 6.45) is 0.705. The van der Waals surface area contributed by atoms with E-state index in [1.165, 1.54) is 0 Å². The van der Waals surface area contributed by atoms with E-state index in [1.54, 1.807) is 4.68 Å². The average Bonchev–Trinajstić information content (AvgIpc) is 2.70. The molecule has 2 aromatic rings. The topological polar surface area (TPSA) is 59.1 Å². The van der Waals surface area contributed by atoms with Crippen molar-refractivity contribution in [2.24, 2.45) is 12.9 Å². The van der Waals surface area contributed by atoms with E-state index in [4.69, 9.17) is 17.4 Å². The molecule has 0 amide bonds. The maximum atomic E-state index is 6.29. The van der Waals surface area contributed by atoms with Crippen LogP contribution in [0.4, 0.5) is 5.69 Å². The second-order valence-corrected chi connectivity index (χ2v) is 5.75. The highest BCUT2D eigenvalue weighted by Crippen LogP contribution is 2.26. The summed E-state index contributed by atoms with van der Waals surface area (Å²) in [5.74, 6) is 5.73. The van der Waals surface area contributed by atoms with E-state index in [9.17, 15) is 0 Å². The highest BCUT2D eigenvalue weighted by molar-refractivity contribution is 6.30. The van der Waals surface area contributed by atoms with E-state index in [0.717, 1.165) is 22.5 Å². The van der Waals surface area contributed by atoms with Crippen LogP contribution in [0.2, 0.25) is 5.15 Å². The van der Waals surface area contributed by atoms with Crippen LogP contribution < -0.4 is 16.2 Å².